The van der Waals surface area contributed by atoms with Crippen LogP contribution in [0.5, 0.6) is 0 Å². The predicted molar refractivity (Wildman–Crippen MR) is 125 cm³/mol. The van der Waals surface area contributed by atoms with Gasteiger partial charge in [0.15, 0.2) is 0 Å². The lowest BCUT2D eigenvalue weighted by molar-refractivity contribution is -0.116. The number of carbonyl (C=O) groups excluding carboxylic acids is 2. The molecule has 1 fully saturated rings. The highest BCUT2D eigenvalue weighted by atomic mass is 35.5. The van der Waals surface area contributed by atoms with E-state index in [0.717, 1.165) is 35.4 Å². The van der Waals surface area contributed by atoms with Crippen LogP contribution in [-0.4, -0.2) is 35.9 Å². The molecule has 0 saturated carbocycles. The number of nitrogens with zero attached hydrogens (tertiary/aromatic N) is 2. The van der Waals surface area contributed by atoms with E-state index in [0.29, 0.717) is 10.7 Å². The zero-order valence-electron chi connectivity index (χ0n) is 17.4. The van der Waals surface area contributed by atoms with Crippen LogP contribution < -0.4 is 15.5 Å². The summed E-state index contributed by atoms with van der Waals surface area (Å²) in [6.45, 7) is 3.93. The van der Waals surface area contributed by atoms with Crippen molar-refractivity contribution in [1.82, 2.24) is 10.3 Å². The van der Waals surface area contributed by atoms with Gasteiger partial charge in [0.1, 0.15) is 5.15 Å². The van der Waals surface area contributed by atoms with Crippen LogP contribution in [0, 0.1) is 0 Å². The molecule has 0 bridgehead atoms. The number of halogens is 1. The van der Waals surface area contributed by atoms with Crippen LogP contribution in [0.2, 0.25) is 5.15 Å². The van der Waals surface area contributed by atoms with Gasteiger partial charge in [-0.05, 0) is 68.3 Å². The second-order valence-electron chi connectivity index (χ2n) is 7.91. The maximum absolute atomic E-state index is 12.6. The lowest BCUT2D eigenvalue weighted by Gasteiger charge is -2.19. The van der Waals surface area contributed by atoms with Crippen molar-refractivity contribution in [2.75, 3.05) is 23.3 Å². The largest absolute Gasteiger partial charge is 0.371 e. The van der Waals surface area contributed by atoms with E-state index in [-0.39, 0.29) is 24.3 Å². The zero-order chi connectivity index (χ0) is 21.8. The van der Waals surface area contributed by atoms with Gasteiger partial charge in [-0.15, -0.1) is 0 Å². The highest BCUT2D eigenvalue weighted by molar-refractivity contribution is 6.29. The Hall–Kier alpha value is -3.12. The number of amides is 2. The molecule has 1 unspecified atom stereocenters. The molecule has 1 atom stereocenters. The minimum atomic E-state index is -0.312. The highest BCUT2D eigenvalue weighted by Crippen LogP contribution is 2.23. The van der Waals surface area contributed by atoms with Gasteiger partial charge in [0.25, 0.3) is 5.91 Å². The number of carbonyl (C=O) groups is 2. The van der Waals surface area contributed by atoms with Gasteiger partial charge in [-0.25, -0.2) is 4.98 Å². The molecule has 6 nitrogen and oxygen atoms in total. The molecule has 0 radical (unpaired) electrons. The molecular formula is C24H25ClN4O2. The van der Waals surface area contributed by atoms with E-state index in [1.807, 2.05) is 31.2 Å². The number of benzene rings is 2. The molecular weight excluding hydrogens is 412 g/mol. The third kappa shape index (κ3) is 5.33. The fraction of sp³-hybridized carbons (Fsp3) is 0.292. The Morgan fingerprint density at radius 3 is 2.71 bits per heavy atom. The third-order valence-corrected chi connectivity index (χ3v) is 5.60. The standard InChI is InChI=1S/C24H25ClN4O2/c1-16(26-24(31)18-7-9-21-17(14-18)8-10-22(25)28-21)13-23(30)27-19-5-4-6-20(15-19)29-11-2-3-12-29/h4-10,14-16H,2-3,11-13H2,1H3,(H,26,31)(H,27,30). The first-order valence-electron chi connectivity index (χ1n) is 10.5. The number of rotatable bonds is 6. The lowest BCUT2D eigenvalue weighted by atomic mass is 10.1. The summed E-state index contributed by atoms with van der Waals surface area (Å²) < 4.78 is 0. The fourth-order valence-corrected chi connectivity index (χ4v) is 4.00. The van der Waals surface area contributed by atoms with E-state index >= 15 is 0 Å². The molecule has 0 spiro atoms. The van der Waals surface area contributed by atoms with E-state index in [1.165, 1.54) is 12.8 Å². The van der Waals surface area contributed by atoms with Crippen molar-refractivity contribution < 1.29 is 9.59 Å². The number of fused-ring (bicyclic) bond motifs is 1. The van der Waals surface area contributed by atoms with Crippen molar-refractivity contribution in [1.29, 1.82) is 0 Å². The van der Waals surface area contributed by atoms with Crippen molar-refractivity contribution in [3.05, 3.63) is 65.3 Å². The maximum atomic E-state index is 12.6. The van der Waals surface area contributed by atoms with Gasteiger partial charge in [-0.3, -0.25) is 9.59 Å². The molecule has 7 heteroatoms. The molecule has 2 heterocycles. The third-order valence-electron chi connectivity index (χ3n) is 5.39. The predicted octanol–water partition coefficient (Wildman–Crippen LogP) is 4.64. The number of hydrogen-bond acceptors (Lipinski definition) is 4. The van der Waals surface area contributed by atoms with Crippen LogP contribution in [0.15, 0.2) is 54.6 Å². The summed E-state index contributed by atoms with van der Waals surface area (Å²) in [5, 5.41) is 7.08. The van der Waals surface area contributed by atoms with Crippen molar-refractivity contribution in [3.8, 4) is 0 Å². The van der Waals surface area contributed by atoms with E-state index < -0.39 is 0 Å². The highest BCUT2D eigenvalue weighted by Gasteiger charge is 2.16. The summed E-state index contributed by atoms with van der Waals surface area (Å²) in [4.78, 5) is 31.6. The van der Waals surface area contributed by atoms with Crippen molar-refractivity contribution in [2.24, 2.45) is 0 Å². The Morgan fingerprint density at radius 2 is 1.90 bits per heavy atom. The molecule has 2 aromatic carbocycles. The topological polar surface area (TPSA) is 74.3 Å². The molecule has 1 saturated heterocycles. The second kappa shape index (κ2) is 9.35. The van der Waals surface area contributed by atoms with Crippen molar-refractivity contribution >= 4 is 45.7 Å². The summed E-state index contributed by atoms with van der Waals surface area (Å²) >= 11 is 5.91. The van der Waals surface area contributed by atoms with Crippen molar-refractivity contribution in [3.63, 3.8) is 0 Å². The van der Waals surface area contributed by atoms with Crippen LogP contribution in [0.4, 0.5) is 11.4 Å². The smallest absolute Gasteiger partial charge is 0.251 e. The summed E-state index contributed by atoms with van der Waals surface area (Å²) in [6.07, 6.45) is 2.59. The van der Waals surface area contributed by atoms with Crippen LogP contribution in [0.3, 0.4) is 0 Å². The van der Waals surface area contributed by atoms with Crippen LogP contribution >= 0.6 is 11.6 Å². The number of hydrogen-bond donors (Lipinski definition) is 2. The Bertz CT molecular complexity index is 1110. The molecule has 0 aliphatic carbocycles. The normalized spacial score (nSPS) is 14.5. The average molecular weight is 437 g/mol. The van der Waals surface area contributed by atoms with Gasteiger partial charge < -0.3 is 15.5 Å². The van der Waals surface area contributed by atoms with E-state index in [1.54, 1.807) is 24.3 Å². The molecule has 3 aromatic rings. The molecule has 31 heavy (non-hydrogen) atoms. The first kappa shape index (κ1) is 21.1. The van der Waals surface area contributed by atoms with Gasteiger partial charge >= 0.3 is 0 Å². The number of aromatic nitrogens is 1. The Morgan fingerprint density at radius 1 is 1.10 bits per heavy atom. The van der Waals surface area contributed by atoms with Crippen LogP contribution in [-0.2, 0) is 4.79 Å². The van der Waals surface area contributed by atoms with Crippen LogP contribution in [0.25, 0.3) is 10.9 Å². The Labute approximate surface area is 186 Å². The quantitative estimate of drug-likeness (QED) is 0.552. The maximum Gasteiger partial charge on any atom is 0.251 e. The van der Waals surface area contributed by atoms with Crippen molar-refractivity contribution in [2.45, 2.75) is 32.2 Å². The molecule has 4 rings (SSSR count). The zero-order valence-corrected chi connectivity index (χ0v) is 18.2. The number of anilines is 2. The fourth-order valence-electron chi connectivity index (χ4n) is 3.85. The number of nitrogens with one attached hydrogen (secondary N) is 2. The van der Waals surface area contributed by atoms with E-state index in [2.05, 4.69) is 26.6 Å². The average Bonchev–Trinajstić information content (AvgIpc) is 3.28. The van der Waals surface area contributed by atoms with E-state index in [9.17, 15) is 9.59 Å². The van der Waals surface area contributed by atoms with Gasteiger partial charge in [-0.2, -0.15) is 0 Å². The van der Waals surface area contributed by atoms with Gasteiger partial charge in [0.2, 0.25) is 5.91 Å². The van der Waals surface area contributed by atoms with E-state index in [4.69, 9.17) is 11.6 Å². The van der Waals surface area contributed by atoms with Gasteiger partial charge in [-0.1, -0.05) is 17.7 Å². The molecule has 160 valence electrons. The number of pyridine rings is 1. The summed E-state index contributed by atoms with van der Waals surface area (Å²) in [5.41, 5.74) is 3.15. The van der Waals surface area contributed by atoms with Crippen LogP contribution in [0.1, 0.15) is 36.5 Å². The summed E-state index contributed by atoms with van der Waals surface area (Å²) in [5.74, 6) is -0.364. The summed E-state index contributed by atoms with van der Waals surface area (Å²) in [6, 6.07) is 16.4. The lowest BCUT2D eigenvalue weighted by Crippen LogP contribution is -2.35. The Kier molecular flexibility index (Phi) is 6.37. The molecule has 1 aromatic heterocycles. The minimum Gasteiger partial charge on any atom is -0.371 e. The first-order valence-corrected chi connectivity index (χ1v) is 10.9. The minimum absolute atomic E-state index is 0.135. The second-order valence-corrected chi connectivity index (χ2v) is 8.30. The monoisotopic (exact) mass is 436 g/mol. The summed E-state index contributed by atoms with van der Waals surface area (Å²) in [7, 11) is 0. The Balaban J connectivity index is 1.33. The molecule has 1 aliphatic heterocycles. The molecule has 1 aliphatic rings. The molecule has 2 N–H and O–H groups in total. The first-order chi connectivity index (χ1) is 15.0. The SMILES string of the molecule is CC(CC(=O)Nc1cccc(N2CCCC2)c1)NC(=O)c1ccc2nc(Cl)ccc2c1. The van der Waals surface area contributed by atoms with Gasteiger partial charge in [0, 0.05) is 47.9 Å². The molecule has 2 amide bonds. The van der Waals surface area contributed by atoms with Gasteiger partial charge in [0.05, 0.1) is 5.52 Å².